The highest BCUT2D eigenvalue weighted by atomic mass is 35.5. The Kier molecular flexibility index (Phi) is 4.90. The van der Waals surface area contributed by atoms with Crippen molar-refractivity contribution in [3.63, 3.8) is 0 Å². The molecule has 0 bridgehead atoms. The van der Waals surface area contributed by atoms with Gasteiger partial charge in [0.1, 0.15) is 0 Å². The number of aromatic amines is 1. The average Bonchev–Trinajstić information content (AvgIpc) is 3.13. The number of carbonyl (C=O) groups excluding carboxylic acids is 1. The zero-order chi connectivity index (χ0) is 17.1. The summed E-state index contributed by atoms with van der Waals surface area (Å²) in [5.41, 5.74) is 5.00. The van der Waals surface area contributed by atoms with E-state index in [0.29, 0.717) is 17.8 Å². The van der Waals surface area contributed by atoms with Crippen LogP contribution in [-0.4, -0.2) is 22.6 Å². The lowest BCUT2D eigenvalue weighted by atomic mass is 10.1. The van der Waals surface area contributed by atoms with Crippen molar-refractivity contribution in [1.82, 2.24) is 15.5 Å². The highest BCUT2D eigenvalue weighted by Crippen LogP contribution is 2.22. The number of nitrogens with zero attached hydrogens (tertiary/aromatic N) is 1. The van der Waals surface area contributed by atoms with E-state index >= 15 is 0 Å². The maximum atomic E-state index is 12.1. The van der Waals surface area contributed by atoms with E-state index in [0.717, 1.165) is 12.8 Å². The van der Waals surface area contributed by atoms with Crippen molar-refractivity contribution < 1.29 is 9.32 Å². The quantitative estimate of drug-likeness (QED) is 0.717. The summed E-state index contributed by atoms with van der Waals surface area (Å²) in [4.78, 5) is 15.4. The third-order valence-corrected chi connectivity index (χ3v) is 4.56. The summed E-state index contributed by atoms with van der Waals surface area (Å²) in [6, 6.07) is 6.33. The first-order valence-electron chi connectivity index (χ1n) is 8.05. The molecule has 0 saturated carbocycles. The van der Waals surface area contributed by atoms with E-state index < -0.39 is 0 Å². The largest absolute Gasteiger partial charge is 0.361 e. The Balaban J connectivity index is 1.60. The fourth-order valence-corrected chi connectivity index (χ4v) is 3.13. The van der Waals surface area contributed by atoms with E-state index in [9.17, 15) is 4.79 Å². The Morgan fingerprint density at radius 2 is 2.21 bits per heavy atom. The van der Waals surface area contributed by atoms with Crippen LogP contribution >= 0.6 is 11.6 Å². The number of H-pyrrole nitrogens is 1. The van der Waals surface area contributed by atoms with Gasteiger partial charge in [0.25, 0.3) is 0 Å². The van der Waals surface area contributed by atoms with Crippen molar-refractivity contribution in [3.8, 4) is 0 Å². The molecule has 24 heavy (non-hydrogen) atoms. The number of hydrogen-bond acceptors (Lipinski definition) is 3. The molecule has 2 aromatic heterocycles. The van der Waals surface area contributed by atoms with Gasteiger partial charge < -0.3 is 14.8 Å². The Morgan fingerprint density at radius 1 is 1.38 bits per heavy atom. The van der Waals surface area contributed by atoms with E-state index in [1.165, 1.54) is 22.0 Å². The number of halogens is 1. The van der Waals surface area contributed by atoms with Gasteiger partial charge in [-0.25, -0.2) is 0 Å². The van der Waals surface area contributed by atoms with Crippen LogP contribution in [-0.2, 0) is 24.1 Å². The van der Waals surface area contributed by atoms with E-state index in [4.69, 9.17) is 16.1 Å². The molecular formula is C18H20ClN3O2. The predicted octanol–water partition coefficient (Wildman–Crippen LogP) is 3.58. The molecule has 2 heterocycles. The summed E-state index contributed by atoms with van der Waals surface area (Å²) in [5, 5.41) is 8.09. The van der Waals surface area contributed by atoms with E-state index in [1.807, 2.05) is 6.20 Å². The molecule has 0 aliphatic rings. The number of rotatable bonds is 6. The van der Waals surface area contributed by atoms with Crippen molar-refractivity contribution in [2.75, 3.05) is 6.54 Å². The first-order valence-corrected chi connectivity index (χ1v) is 8.43. The highest BCUT2D eigenvalue weighted by Gasteiger charge is 2.14. The monoisotopic (exact) mass is 345 g/mol. The zero-order valence-corrected chi connectivity index (χ0v) is 14.5. The molecule has 0 radical (unpaired) electrons. The molecule has 0 fully saturated rings. The van der Waals surface area contributed by atoms with Crippen molar-refractivity contribution in [1.29, 1.82) is 0 Å². The first kappa shape index (κ1) is 16.6. The van der Waals surface area contributed by atoms with Gasteiger partial charge in [-0.15, -0.1) is 0 Å². The lowest BCUT2D eigenvalue weighted by Gasteiger charge is -2.05. The molecule has 0 saturated heterocycles. The third-order valence-electron chi connectivity index (χ3n) is 4.26. The molecule has 2 N–H and O–H groups in total. The average molecular weight is 346 g/mol. The highest BCUT2D eigenvalue weighted by molar-refractivity contribution is 6.29. The van der Waals surface area contributed by atoms with Crippen LogP contribution in [0.5, 0.6) is 0 Å². The Labute approximate surface area is 145 Å². The number of aryl methyl sites for hydroxylation is 2. The van der Waals surface area contributed by atoms with Crippen molar-refractivity contribution in [2.24, 2.45) is 0 Å². The predicted molar refractivity (Wildman–Crippen MR) is 94.3 cm³/mol. The molecule has 3 rings (SSSR count). The van der Waals surface area contributed by atoms with E-state index in [1.54, 1.807) is 6.92 Å². The molecule has 1 amide bonds. The maximum Gasteiger partial charge on any atom is 0.229 e. The number of carbonyl (C=O) groups is 1. The summed E-state index contributed by atoms with van der Waals surface area (Å²) in [6.45, 7) is 4.49. The minimum atomic E-state index is -0.0858. The minimum absolute atomic E-state index is 0.0858. The van der Waals surface area contributed by atoms with Gasteiger partial charge in [-0.05, 0) is 42.5 Å². The number of amides is 1. The SMILES string of the molecule is CCc1cccc2c(CCNC(=O)Cc3c(C)noc3Cl)c[nH]c12. The fourth-order valence-electron chi connectivity index (χ4n) is 2.89. The van der Waals surface area contributed by atoms with E-state index in [-0.39, 0.29) is 17.5 Å². The molecule has 0 spiro atoms. The smallest absolute Gasteiger partial charge is 0.229 e. The van der Waals surface area contributed by atoms with Gasteiger partial charge in [-0.3, -0.25) is 4.79 Å². The van der Waals surface area contributed by atoms with Crippen molar-refractivity contribution in [2.45, 2.75) is 33.1 Å². The normalized spacial score (nSPS) is 11.1. The topological polar surface area (TPSA) is 70.9 Å². The molecule has 1 aromatic carbocycles. The van der Waals surface area contributed by atoms with Crippen LogP contribution in [0.3, 0.4) is 0 Å². The van der Waals surface area contributed by atoms with Gasteiger partial charge in [0.15, 0.2) is 0 Å². The van der Waals surface area contributed by atoms with Crippen molar-refractivity contribution >= 4 is 28.4 Å². The Morgan fingerprint density at radius 3 is 2.92 bits per heavy atom. The molecule has 5 nitrogen and oxygen atoms in total. The summed E-state index contributed by atoms with van der Waals surface area (Å²) in [7, 11) is 0. The van der Waals surface area contributed by atoms with Crippen molar-refractivity contribution in [3.05, 3.63) is 52.0 Å². The molecule has 3 aromatic rings. The Hall–Kier alpha value is -2.27. The van der Waals surface area contributed by atoms with Gasteiger partial charge in [-0.1, -0.05) is 30.3 Å². The summed E-state index contributed by atoms with van der Waals surface area (Å²) < 4.78 is 4.86. The number of nitrogens with one attached hydrogen (secondary N) is 2. The number of benzene rings is 1. The molecule has 0 atom stereocenters. The molecule has 126 valence electrons. The molecule has 0 aliphatic heterocycles. The molecule has 0 unspecified atom stereocenters. The number of hydrogen-bond donors (Lipinski definition) is 2. The summed E-state index contributed by atoms with van der Waals surface area (Å²) >= 11 is 5.89. The lowest BCUT2D eigenvalue weighted by molar-refractivity contribution is -0.120. The zero-order valence-electron chi connectivity index (χ0n) is 13.8. The standard InChI is InChI=1S/C18H20ClN3O2/c1-3-12-5-4-6-14-13(10-21-17(12)14)7-8-20-16(23)9-15-11(2)22-24-18(15)19/h4-6,10,21H,3,7-9H2,1-2H3,(H,20,23). The number of para-hydroxylation sites is 1. The van der Waals surface area contributed by atoms with Gasteiger partial charge in [0, 0.05) is 29.2 Å². The van der Waals surface area contributed by atoms with Crippen LogP contribution < -0.4 is 5.32 Å². The summed E-state index contributed by atoms with van der Waals surface area (Å²) in [6.07, 6.45) is 3.97. The second-order valence-electron chi connectivity index (χ2n) is 5.80. The van der Waals surface area contributed by atoms with Gasteiger partial charge in [-0.2, -0.15) is 0 Å². The van der Waals surface area contributed by atoms with Crippen LogP contribution in [0.15, 0.2) is 28.9 Å². The van der Waals surface area contributed by atoms with E-state index in [2.05, 4.69) is 40.6 Å². The van der Waals surface area contributed by atoms with Crippen LogP contribution in [0.1, 0.15) is 29.3 Å². The van der Waals surface area contributed by atoms with Crippen LogP contribution in [0.4, 0.5) is 0 Å². The van der Waals surface area contributed by atoms with Crippen LogP contribution in [0.25, 0.3) is 10.9 Å². The number of fused-ring (bicyclic) bond motifs is 1. The van der Waals surface area contributed by atoms with Gasteiger partial charge in [0.05, 0.1) is 12.1 Å². The summed E-state index contributed by atoms with van der Waals surface area (Å²) in [5.74, 6) is -0.0858. The number of aromatic nitrogens is 2. The second kappa shape index (κ2) is 7.09. The van der Waals surface area contributed by atoms with Crippen LogP contribution in [0, 0.1) is 6.92 Å². The molecular weight excluding hydrogens is 326 g/mol. The third kappa shape index (κ3) is 3.31. The van der Waals surface area contributed by atoms with Gasteiger partial charge >= 0.3 is 0 Å². The minimum Gasteiger partial charge on any atom is -0.361 e. The Bertz CT molecular complexity index is 847. The molecule has 6 heteroatoms. The molecule has 0 aliphatic carbocycles. The van der Waals surface area contributed by atoms with Crippen LogP contribution in [0.2, 0.25) is 5.22 Å². The lowest BCUT2D eigenvalue weighted by Crippen LogP contribution is -2.27. The maximum absolute atomic E-state index is 12.1. The second-order valence-corrected chi connectivity index (χ2v) is 6.15. The fraction of sp³-hybridized carbons (Fsp3) is 0.333. The first-order chi connectivity index (χ1) is 11.6. The van der Waals surface area contributed by atoms with Gasteiger partial charge in [0.2, 0.25) is 11.1 Å².